The van der Waals surface area contributed by atoms with E-state index in [4.69, 9.17) is 9.47 Å². The standard InChI is InChI=1S/C8H7BrO3/c9-5-1-2-6-8(7(5)10)12-4-3-11-6/h1-2,10H,3-4H2. The van der Waals surface area contributed by atoms with Crippen molar-refractivity contribution in [3.63, 3.8) is 0 Å². The van der Waals surface area contributed by atoms with Gasteiger partial charge in [0.15, 0.2) is 11.5 Å². The number of fused-ring (bicyclic) bond motifs is 1. The highest BCUT2D eigenvalue weighted by Gasteiger charge is 2.17. The Bertz CT molecular complexity index is 311. The second-order valence-electron chi connectivity index (χ2n) is 2.42. The number of aromatic hydroxyl groups is 1. The first-order valence-corrected chi connectivity index (χ1v) is 4.35. The topological polar surface area (TPSA) is 38.7 Å². The molecule has 0 radical (unpaired) electrons. The number of hydrogen-bond acceptors (Lipinski definition) is 3. The van der Waals surface area contributed by atoms with E-state index in [0.29, 0.717) is 29.2 Å². The highest BCUT2D eigenvalue weighted by Crippen LogP contribution is 2.42. The molecule has 1 aliphatic rings. The van der Waals surface area contributed by atoms with Crippen LogP contribution in [0.2, 0.25) is 0 Å². The van der Waals surface area contributed by atoms with E-state index in [2.05, 4.69) is 15.9 Å². The Balaban J connectivity index is 2.54. The molecule has 4 heteroatoms. The quantitative estimate of drug-likeness (QED) is 0.741. The van der Waals surface area contributed by atoms with Crippen LogP contribution >= 0.6 is 15.9 Å². The summed E-state index contributed by atoms with van der Waals surface area (Å²) in [6.07, 6.45) is 0. The van der Waals surface area contributed by atoms with Crippen LogP contribution in [-0.2, 0) is 0 Å². The van der Waals surface area contributed by atoms with Gasteiger partial charge in [-0.2, -0.15) is 0 Å². The summed E-state index contributed by atoms with van der Waals surface area (Å²) in [5.41, 5.74) is 0. The average molecular weight is 231 g/mol. The van der Waals surface area contributed by atoms with Gasteiger partial charge in [0.25, 0.3) is 0 Å². The van der Waals surface area contributed by atoms with Crippen LogP contribution in [-0.4, -0.2) is 18.3 Å². The SMILES string of the molecule is Oc1c(Br)ccc2c1OCCO2. The number of hydrogen-bond donors (Lipinski definition) is 1. The molecule has 3 nitrogen and oxygen atoms in total. The van der Waals surface area contributed by atoms with Crippen molar-refractivity contribution in [2.45, 2.75) is 0 Å². The first kappa shape index (κ1) is 7.73. The predicted octanol–water partition coefficient (Wildman–Crippen LogP) is 1.93. The van der Waals surface area contributed by atoms with Gasteiger partial charge >= 0.3 is 0 Å². The van der Waals surface area contributed by atoms with Crippen LogP contribution in [0, 0.1) is 0 Å². The fourth-order valence-corrected chi connectivity index (χ4v) is 1.39. The smallest absolute Gasteiger partial charge is 0.204 e. The van der Waals surface area contributed by atoms with Crippen molar-refractivity contribution in [2.75, 3.05) is 13.2 Å². The highest BCUT2D eigenvalue weighted by molar-refractivity contribution is 9.10. The Morgan fingerprint density at radius 1 is 1.25 bits per heavy atom. The van der Waals surface area contributed by atoms with E-state index in [9.17, 15) is 5.11 Å². The number of phenols is 1. The normalized spacial score (nSPS) is 14.4. The maximum atomic E-state index is 9.49. The van der Waals surface area contributed by atoms with Gasteiger partial charge in [-0.1, -0.05) is 0 Å². The van der Waals surface area contributed by atoms with Gasteiger partial charge in [-0.3, -0.25) is 0 Å². The molecule has 64 valence electrons. The number of phenolic OH excluding ortho intramolecular Hbond substituents is 1. The monoisotopic (exact) mass is 230 g/mol. The number of rotatable bonds is 0. The Hall–Kier alpha value is -0.900. The van der Waals surface area contributed by atoms with Crippen molar-refractivity contribution in [3.05, 3.63) is 16.6 Å². The molecule has 1 heterocycles. The molecular formula is C8H7BrO3. The average Bonchev–Trinajstić information content (AvgIpc) is 2.12. The Kier molecular flexibility index (Phi) is 1.84. The van der Waals surface area contributed by atoms with Crippen molar-refractivity contribution >= 4 is 15.9 Å². The van der Waals surface area contributed by atoms with E-state index >= 15 is 0 Å². The maximum Gasteiger partial charge on any atom is 0.204 e. The zero-order chi connectivity index (χ0) is 8.55. The van der Waals surface area contributed by atoms with Gasteiger partial charge in [-0.25, -0.2) is 0 Å². The molecule has 0 saturated carbocycles. The van der Waals surface area contributed by atoms with E-state index in [0.717, 1.165) is 0 Å². The third kappa shape index (κ3) is 1.12. The molecule has 0 saturated heterocycles. The van der Waals surface area contributed by atoms with Crippen LogP contribution in [0.1, 0.15) is 0 Å². The molecule has 1 aromatic rings. The largest absolute Gasteiger partial charge is 0.503 e. The summed E-state index contributed by atoms with van der Waals surface area (Å²) in [7, 11) is 0. The Morgan fingerprint density at radius 3 is 2.83 bits per heavy atom. The summed E-state index contributed by atoms with van der Waals surface area (Å²) in [6, 6.07) is 3.49. The minimum absolute atomic E-state index is 0.104. The lowest BCUT2D eigenvalue weighted by molar-refractivity contribution is 0.165. The lowest BCUT2D eigenvalue weighted by Crippen LogP contribution is -2.15. The number of ether oxygens (including phenoxy) is 2. The molecule has 1 aliphatic heterocycles. The van der Waals surface area contributed by atoms with Crippen molar-refractivity contribution in [2.24, 2.45) is 0 Å². The molecule has 0 bridgehead atoms. The third-order valence-electron chi connectivity index (χ3n) is 1.63. The van der Waals surface area contributed by atoms with Gasteiger partial charge < -0.3 is 14.6 Å². The second kappa shape index (κ2) is 2.86. The van der Waals surface area contributed by atoms with Gasteiger partial charge in [0.2, 0.25) is 5.75 Å². The fraction of sp³-hybridized carbons (Fsp3) is 0.250. The van der Waals surface area contributed by atoms with Crippen molar-refractivity contribution in [1.82, 2.24) is 0 Å². The molecule has 0 spiro atoms. The molecule has 0 fully saturated rings. The van der Waals surface area contributed by atoms with Crippen LogP contribution in [0.25, 0.3) is 0 Å². The molecule has 0 amide bonds. The molecule has 0 aromatic heterocycles. The molecule has 0 aliphatic carbocycles. The van der Waals surface area contributed by atoms with Gasteiger partial charge in [-0.05, 0) is 28.1 Å². The summed E-state index contributed by atoms with van der Waals surface area (Å²) >= 11 is 3.19. The van der Waals surface area contributed by atoms with Crippen LogP contribution in [0.3, 0.4) is 0 Å². The van der Waals surface area contributed by atoms with Crippen LogP contribution in [0.4, 0.5) is 0 Å². The number of halogens is 1. The van der Waals surface area contributed by atoms with Gasteiger partial charge in [-0.15, -0.1) is 0 Å². The number of benzene rings is 1. The van der Waals surface area contributed by atoms with Crippen LogP contribution in [0.15, 0.2) is 16.6 Å². The molecule has 1 N–H and O–H groups in total. The van der Waals surface area contributed by atoms with Crippen molar-refractivity contribution in [1.29, 1.82) is 0 Å². The van der Waals surface area contributed by atoms with Gasteiger partial charge in [0.05, 0.1) is 4.47 Å². The molecule has 0 atom stereocenters. The fourth-order valence-electron chi connectivity index (χ4n) is 1.08. The Labute approximate surface area is 78.0 Å². The molecule has 1 aromatic carbocycles. The predicted molar refractivity (Wildman–Crippen MR) is 46.8 cm³/mol. The summed E-state index contributed by atoms with van der Waals surface area (Å²) in [6.45, 7) is 1.02. The van der Waals surface area contributed by atoms with Crippen molar-refractivity contribution in [3.8, 4) is 17.2 Å². The van der Waals surface area contributed by atoms with Crippen LogP contribution < -0.4 is 9.47 Å². The van der Waals surface area contributed by atoms with Gasteiger partial charge in [0, 0.05) is 0 Å². The first-order chi connectivity index (χ1) is 5.79. The lowest BCUT2D eigenvalue weighted by Gasteiger charge is -2.19. The molecule has 0 unspecified atom stereocenters. The molecule has 2 rings (SSSR count). The summed E-state index contributed by atoms with van der Waals surface area (Å²) in [4.78, 5) is 0. The van der Waals surface area contributed by atoms with E-state index < -0.39 is 0 Å². The van der Waals surface area contributed by atoms with E-state index in [1.54, 1.807) is 12.1 Å². The summed E-state index contributed by atoms with van der Waals surface area (Å²) < 4.78 is 11.1. The minimum Gasteiger partial charge on any atom is -0.503 e. The van der Waals surface area contributed by atoms with Crippen LogP contribution in [0.5, 0.6) is 17.2 Å². The maximum absolute atomic E-state index is 9.49. The molecular weight excluding hydrogens is 224 g/mol. The van der Waals surface area contributed by atoms with Gasteiger partial charge in [0.1, 0.15) is 13.2 Å². The van der Waals surface area contributed by atoms with Crippen molar-refractivity contribution < 1.29 is 14.6 Å². The second-order valence-corrected chi connectivity index (χ2v) is 3.27. The third-order valence-corrected chi connectivity index (χ3v) is 2.27. The minimum atomic E-state index is 0.104. The Morgan fingerprint density at radius 2 is 2.00 bits per heavy atom. The summed E-state index contributed by atoms with van der Waals surface area (Å²) in [5, 5.41) is 9.49. The first-order valence-electron chi connectivity index (χ1n) is 3.56. The van der Waals surface area contributed by atoms with E-state index in [1.807, 2.05) is 0 Å². The molecule has 12 heavy (non-hydrogen) atoms. The summed E-state index contributed by atoms with van der Waals surface area (Å²) in [5.74, 6) is 1.13. The zero-order valence-electron chi connectivity index (χ0n) is 6.21. The highest BCUT2D eigenvalue weighted by atomic mass is 79.9. The lowest BCUT2D eigenvalue weighted by atomic mass is 10.3. The van der Waals surface area contributed by atoms with E-state index in [1.165, 1.54) is 0 Å². The van der Waals surface area contributed by atoms with E-state index in [-0.39, 0.29) is 5.75 Å². The zero-order valence-corrected chi connectivity index (χ0v) is 7.80.